The van der Waals surface area contributed by atoms with Crippen molar-refractivity contribution in [1.29, 1.82) is 0 Å². The first-order valence-corrected chi connectivity index (χ1v) is 5.15. The van der Waals surface area contributed by atoms with Gasteiger partial charge in [-0.25, -0.2) is 0 Å². The Balaban J connectivity index is 2.43. The Labute approximate surface area is 94.1 Å². The lowest BCUT2D eigenvalue weighted by molar-refractivity contribution is -0.141. The number of nitrogens with zero attached hydrogens (tertiary/aromatic N) is 1. The first-order chi connectivity index (χ1) is 7.72. The normalized spacial score (nSPS) is 12.4. The molecule has 1 aromatic carbocycles. The second-order valence-corrected chi connectivity index (χ2v) is 3.71. The van der Waals surface area contributed by atoms with Crippen molar-refractivity contribution in [3.8, 4) is 0 Å². The number of ether oxygens (including phenoxy) is 1. The Morgan fingerprint density at radius 2 is 2.12 bits per heavy atom. The van der Waals surface area contributed by atoms with Gasteiger partial charge >= 0.3 is 5.97 Å². The fourth-order valence-corrected chi connectivity index (χ4v) is 1.64. The van der Waals surface area contributed by atoms with E-state index in [1.165, 1.54) is 7.11 Å². The van der Waals surface area contributed by atoms with Gasteiger partial charge in [-0.15, -0.1) is 0 Å². The monoisotopic (exact) mass is 215 g/mol. The van der Waals surface area contributed by atoms with Gasteiger partial charge in [0.15, 0.2) is 0 Å². The van der Waals surface area contributed by atoms with Crippen LogP contribution in [0.15, 0.2) is 36.5 Å². The van der Waals surface area contributed by atoms with Crippen molar-refractivity contribution in [3.05, 3.63) is 42.1 Å². The molecule has 1 heterocycles. The van der Waals surface area contributed by atoms with Crippen molar-refractivity contribution in [3.63, 3.8) is 0 Å². The highest BCUT2D eigenvalue weighted by molar-refractivity contribution is 5.82. The van der Waals surface area contributed by atoms with E-state index in [2.05, 4.69) is 4.98 Å². The molecule has 0 saturated carbocycles. The molecule has 2 rings (SSSR count). The van der Waals surface area contributed by atoms with E-state index in [-0.39, 0.29) is 11.9 Å². The maximum absolute atomic E-state index is 11.4. The number of aromatic nitrogens is 1. The van der Waals surface area contributed by atoms with Gasteiger partial charge in [-0.3, -0.25) is 9.78 Å². The van der Waals surface area contributed by atoms with E-state index in [9.17, 15) is 4.79 Å². The average Bonchev–Trinajstić information content (AvgIpc) is 2.36. The van der Waals surface area contributed by atoms with Gasteiger partial charge in [0.1, 0.15) is 0 Å². The van der Waals surface area contributed by atoms with Crippen LogP contribution in [0.1, 0.15) is 18.4 Å². The molecule has 0 radical (unpaired) electrons. The Kier molecular flexibility index (Phi) is 2.86. The Bertz CT molecular complexity index is 522. The molecule has 0 saturated heterocycles. The molecule has 1 aromatic heterocycles. The van der Waals surface area contributed by atoms with Crippen molar-refractivity contribution < 1.29 is 9.53 Å². The van der Waals surface area contributed by atoms with Gasteiger partial charge in [-0.2, -0.15) is 0 Å². The summed E-state index contributed by atoms with van der Waals surface area (Å²) in [6.45, 7) is 1.82. The number of rotatable bonds is 2. The topological polar surface area (TPSA) is 39.2 Å². The number of hydrogen-bond donors (Lipinski definition) is 0. The van der Waals surface area contributed by atoms with Crippen molar-refractivity contribution in [2.24, 2.45) is 0 Å². The van der Waals surface area contributed by atoms with Crippen molar-refractivity contribution >= 4 is 16.9 Å². The maximum atomic E-state index is 11.4. The second kappa shape index (κ2) is 4.31. The van der Waals surface area contributed by atoms with E-state index >= 15 is 0 Å². The third-order valence-electron chi connectivity index (χ3n) is 2.67. The molecule has 0 aliphatic rings. The molecule has 0 bridgehead atoms. The number of methoxy groups -OCH3 is 1. The molecule has 0 amide bonds. The highest BCUT2D eigenvalue weighted by Crippen LogP contribution is 2.20. The minimum atomic E-state index is -0.276. The average molecular weight is 215 g/mol. The predicted molar refractivity (Wildman–Crippen MR) is 62.2 cm³/mol. The van der Waals surface area contributed by atoms with Crippen LogP contribution in [0, 0.1) is 0 Å². The molecule has 1 atom stereocenters. The van der Waals surface area contributed by atoms with E-state index in [4.69, 9.17) is 4.74 Å². The highest BCUT2D eigenvalue weighted by Gasteiger charge is 2.15. The molecule has 0 aliphatic heterocycles. The van der Waals surface area contributed by atoms with Crippen molar-refractivity contribution in [2.45, 2.75) is 12.8 Å². The summed E-state index contributed by atoms with van der Waals surface area (Å²) in [6.07, 6.45) is 1.73. The van der Waals surface area contributed by atoms with Gasteiger partial charge < -0.3 is 4.74 Å². The van der Waals surface area contributed by atoms with E-state index in [0.29, 0.717) is 0 Å². The third-order valence-corrected chi connectivity index (χ3v) is 2.67. The van der Waals surface area contributed by atoms with Crippen LogP contribution >= 0.6 is 0 Å². The summed E-state index contributed by atoms with van der Waals surface area (Å²) in [7, 11) is 1.40. The molecule has 3 heteroatoms. The number of carbonyl (C=O) groups is 1. The Morgan fingerprint density at radius 1 is 1.38 bits per heavy atom. The molecule has 3 nitrogen and oxygen atoms in total. The van der Waals surface area contributed by atoms with Crippen LogP contribution in [0.2, 0.25) is 0 Å². The number of benzene rings is 1. The summed E-state index contributed by atoms with van der Waals surface area (Å²) in [5, 5.41) is 1.04. The largest absolute Gasteiger partial charge is 0.469 e. The smallest absolute Gasteiger partial charge is 0.312 e. The summed E-state index contributed by atoms with van der Waals surface area (Å²) >= 11 is 0. The maximum Gasteiger partial charge on any atom is 0.312 e. The minimum Gasteiger partial charge on any atom is -0.469 e. The number of esters is 1. The lowest BCUT2D eigenvalue weighted by Crippen LogP contribution is -2.10. The molecule has 2 aromatic rings. The van der Waals surface area contributed by atoms with Crippen LogP contribution in [-0.4, -0.2) is 18.1 Å². The molecule has 0 unspecified atom stereocenters. The van der Waals surface area contributed by atoms with Gasteiger partial charge in [0, 0.05) is 11.6 Å². The van der Waals surface area contributed by atoms with Crippen molar-refractivity contribution in [1.82, 2.24) is 4.98 Å². The fourth-order valence-electron chi connectivity index (χ4n) is 1.64. The lowest BCUT2D eigenvalue weighted by atomic mass is 10.0. The van der Waals surface area contributed by atoms with Gasteiger partial charge in [-0.1, -0.05) is 18.2 Å². The van der Waals surface area contributed by atoms with E-state index in [0.717, 1.165) is 16.5 Å². The third kappa shape index (κ3) is 1.89. The second-order valence-electron chi connectivity index (χ2n) is 3.71. The summed E-state index contributed by atoms with van der Waals surface area (Å²) in [5.74, 6) is -0.515. The van der Waals surface area contributed by atoms with Gasteiger partial charge in [0.05, 0.1) is 18.5 Å². The molecule has 16 heavy (non-hydrogen) atoms. The number of carbonyl (C=O) groups excluding carboxylic acids is 1. The van der Waals surface area contributed by atoms with E-state index in [1.54, 1.807) is 6.20 Å². The molecule has 82 valence electrons. The van der Waals surface area contributed by atoms with Gasteiger partial charge in [0.25, 0.3) is 0 Å². The van der Waals surface area contributed by atoms with Crippen LogP contribution in [0.3, 0.4) is 0 Å². The zero-order valence-corrected chi connectivity index (χ0v) is 9.31. The quantitative estimate of drug-likeness (QED) is 0.722. The standard InChI is InChI=1S/C13H13NO2/c1-9(13(15)16-2)11-7-10-5-3-4-6-12(10)14-8-11/h3-9H,1-2H3/t9-/m0/s1. The fraction of sp³-hybridized carbons (Fsp3) is 0.231. The Morgan fingerprint density at radius 3 is 2.88 bits per heavy atom. The van der Waals surface area contributed by atoms with Gasteiger partial charge in [0.2, 0.25) is 0 Å². The summed E-state index contributed by atoms with van der Waals surface area (Å²) < 4.78 is 4.71. The summed E-state index contributed by atoms with van der Waals surface area (Å²) in [6, 6.07) is 9.80. The minimum absolute atomic E-state index is 0.239. The summed E-state index contributed by atoms with van der Waals surface area (Å²) in [4.78, 5) is 15.7. The zero-order valence-electron chi connectivity index (χ0n) is 9.31. The molecular weight excluding hydrogens is 202 g/mol. The van der Waals surface area contributed by atoms with Crippen LogP contribution in [0.25, 0.3) is 10.9 Å². The van der Waals surface area contributed by atoms with Crippen LogP contribution in [-0.2, 0) is 9.53 Å². The Hall–Kier alpha value is -1.90. The zero-order chi connectivity index (χ0) is 11.5. The molecule has 0 fully saturated rings. The first kappa shape index (κ1) is 10.6. The summed E-state index contributed by atoms with van der Waals surface area (Å²) in [5.41, 5.74) is 1.81. The first-order valence-electron chi connectivity index (χ1n) is 5.15. The number of hydrogen-bond acceptors (Lipinski definition) is 3. The predicted octanol–water partition coefficient (Wildman–Crippen LogP) is 2.51. The van der Waals surface area contributed by atoms with Gasteiger partial charge in [-0.05, 0) is 24.6 Å². The highest BCUT2D eigenvalue weighted by atomic mass is 16.5. The van der Waals surface area contributed by atoms with E-state index < -0.39 is 0 Å². The van der Waals surface area contributed by atoms with Crippen LogP contribution in [0.4, 0.5) is 0 Å². The lowest BCUT2D eigenvalue weighted by Gasteiger charge is -2.09. The molecule has 0 aliphatic carbocycles. The number of pyridine rings is 1. The molecular formula is C13H13NO2. The van der Waals surface area contributed by atoms with Crippen molar-refractivity contribution in [2.75, 3.05) is 7.11 Å². The molecule has 0 N–H and O–H groups in total. The molecule has 0 spiro atoms. The van der Waals surface area contributed by atoms with E-state index in [1.807, 2.05) is 37.3 Å². The number of fused-ring (bicyclic) bond motifs is 1. The number of para-hydroxylation sites is 1. The van der Waals surface area contributed by atoms with Crippen LogP contribution < -0.4 is 0 Å². The SMILES string of the molecule is COC(=O)[C@@H](C)c1cnc2ccccc2c1. The van der Waals surface area contributed by atoms with Crippen LogP contribution in [0.5, 0.6) is 0 Å².